The highest BCUT2D eigenvalue weighted by Crippen LogP contribution is 2.22. The second-order valence-electron chi connectivity index (χ2n) is 8.57. The van der Waals surface area contributed by atoms with Crippen molar-refractivity contribution in [2.24, 2.45) is 5.73 Å². The zero-order chi connectivity index (χ0) is 23.8. The number of hydrogen-bond acceptors (Lipinski definition) is 8. The molecule has 8 nitrogen and oxygen atoms in total. The van der Waals surface area contributed by atoms with Crippen LogP contribution < -0.4 is 5.73 Å². The van der Waals surface area contributed by atoms with Gasteiger partial charge in [0.1, 0.15) is 24.4 Å². The number of hydrogen-bond donors (Lipinski definition) is 6. The molecule has 0 aromatic heterocycles. The van der Waals surface area contributed by atoms with Gasteiger partial charge >= 0.3 is 0 Å². The number of aliphatic hydroxyl groups excluding tert-OH is 5. The zero-order valence-electron chi connectivity index (χ0n) is 19.5. The molecule has 8 heteroatoms. The van der Waals surface area contributed by atoms with Gasteiger partial charge in [-0.15, -0.1) is 0 Å². The molecule has 0 radical (unpaired) electrons. The Hall–Kier alpha value is -0.840. The maximum Gasteiger partial charge on any atom is 0.186 e. The van der Waals surface area contributed by atoms with Gasteiger partial charge in [-0.1, -0.05) is 69.8 Å². The summed E-state index contributed by atoms with van der Waals surface area (Å²) in [5, 5.41) is 48.8. The zero-order valence-corrected chi connectivity index (χ0v) is 19.5. The lowest BCUT2D eigenvalue weighted by Gasteiger charge is -2.39. The molecule has 0 spiro atoms. The Kier molecular flexibility index (Phi) is 16.1. The molecule has 0 saturated carbocycles. The van der Waals surface area contributed by atoms with E-state index >= 15 is 0 Å². The molecular weight excluding hydrogens is 414 g/mol. The lowest BCUT2D eigenvalue weighted by Crippen LogP contribution is -2.59. The smallest absolute Gasteiger partial charge is 0.186 e. The molecule has 5 unspecified atom stereocenters. The van der Waals surface area contributed by atoms with Gasteiger partial charge in [0.25, 0.3) is 0 Å². The predicted molar refractivity (Wildman–Crippen MR) is 124 cm³/mol. The summed E-state index contributed by atoms with van der Waals surface area (Å²) >= 11 is 0. The van der Waals surface area contributed by atoms with Crippen molar-refractivity contribution in [1.29, 1.82) is 0 Å². The average Bonchev–Trinajstić information content (AvgIpc) is 2.79. The molecule has 188 valence electrons. The third-order valence-corrected chi connectivity index (χ3v) is 5.71. The van der Waals surface area contributed by atoms with Crippen molar-refractivity contribution < 1.29 is 35.0 Å². The predicted octanol–water partition coefficient (Wildman–Crippen LogP) is 1.52. The Morgan fingerprint density at radius 3 is 2.19 bits per heavy atom. The van der Waals surface area contributed by atoms with Gasteiger partial charge in [0.05, 0.1) is 25.4 Å². The van der Waals surface area contributed by atoms with Crippen molar-refractivity contribution in [2.75, 3.05) is 13.2 Å². The van der Waals surface area contributed by atoms with Crippen LogP contribution in [0.15, 0.2) is 24.3 Å². The highest BCUT2D eigenvalue weighted by molar-refractivity contribution is 4.96. The molecule has 1 fully saturated rings. The Bertz CT molecular complexity index is 515. The molecule has 0 bridgehead atoms. The Balaban J connectivity index is 2.16. The van der Waals surface area contributed by atoms with Gasteiger partial charge in [-0.25, -0.2) is 0 Å². The van der Waals surface area contributed by atoms with Crippen molar-refractivity contribution in [3.63, 3.8) is 0 Å². The fraction of sp³-hybridized carbons (Fsp3) is 0.833. The number of unbranched alkanes of at least 4 members (excludes halogenated alkanes) is 8. The SMILES string of the molecule is CCCCCCCCCC=CCC/C=C/[C@@H](O)[C@@H](N)COC1OC(CO)C(O)C(O)C1O. The molecule has 7 N–H and O–H groups in total. The minimum absolute atomic E-state index is 0.132. The summed E-state index contributed by atoms with van der Waals surface area (Å²) in [6.45, 7) is 1.57. The van der Waals surface area contributed by atoms with Crippen LogP contribution in [0.3, 0.4) is 0 Å². The van der Waals surface area contributed by atoms with E-state index in [2.05, 4.69) is 19.1 Å². The second-order valence-corrected chi connectivity index (χ2v) is 8.57. The van der Waals surface area contributed by atoms with E-state index in [-0.39, 0.29) is 6.61 Å². The van der Waals surface area contributed by atoms with E-state index in [0.717, 1.165) is 19.3 Å². The van der Waals surface area contributed by atoms with Gasteiger partial charge in [-0.3, -0.25) is 0 Å². The Morgan fingerprint density at radius 1 is 0.875 bits per heavy atom. The molecular formula is C24H45NO7. The molecule has 1 heterocycles. The maximum atomic E-state index is 10.1. The molecule has 1 aliphatic heterocycles. The number of aliphatic hydroxyl groups is 5. The number of allylic oxidation sites excluding steroid dienone is 3. The van der Waals surface area contributed by atoms with Gasteiger partial charge < -0.3 is 40.7 Å². The van der Waals surface area contributed by atoms with Crippen LogP contribution in [0, 0.1) is 0 Å². The number of ether oxygens (including phenoxy) is 2. The molecule has 0 aromatic carbocycles. The highest BCUT2D eigenvalue weighted by atomic mass is 16.7. The van der Waals surface area contributed by atoms with E-state index in [1.807, 2.05) is 6.08 Å². The van der Waals surface area contributed by atoms with Gasteiger partial charge in [-0.05, 0) is 25.7 Å². The Labute approximate surface area is 192 Å². The van der Waals surface area contributed by atoms with E-state index in [0.29, 0.717) is 0 Å². The van der Waals surface area contributed by atoms with Crippen LogP contribution in [-0.4, -0.2) is 81.6 Å². The van der Waals surface area contributed by atoms with Crippen LogP contribution in [0.5, 0.6) is 0 Å². The first-order valence-electron chi connectivity index (χ1n) is 12.1. The van der Waals surface area contributed by atoms with Crippen molar-refractivity contribution in [1.82, 2.24) is 0 Å². The molecule has 1 rings (SSSR count). The first-order valence-corrected chi connectivity index (χ1v) is 12.1. The molecule has 0 aliphatic carbocycles. The summed E-state index contributed by atoms with van der Waals surface area (Å²) in [5.74, 6) is 0. The first kappa shape index (κ1) is 29.2. The fourth-order valence-corrected chi connectivity index (χ4v) is 3.54. The number of rotatable bonds is 17. The van der Waals surface area contributed by atoms with Crippen LogP contribution in [0.1, 0.15) is 71.1 Å². The summed E-state index contributed by atoms with van der Waals surface area (Å²) in [7, 11) is 0. The van der Waals surface area contributed by atoms with Crippen LogP contribution in [0.25, 0.3) is 0 Å². The minimum atomic E-state index is -1.51. The quantitative estimate of drug-likeness (QED) is 0.142. The topological polar surface area (TPSA) is 146 Å². The van der Waals surface area contributed by atoms with Crippen LogP contribution in [0.2, 0.25) is 0 Å². The first-order chi connectivity index (χ1) is 15.4. The monoisotopic (exact) mass is 459 g/mol. The van der Waals surface area contributed by atoms with Crippen molar-refractivity contribution in [2.45, 2.75) is 114 Å². The second kappa shape index (κ2) is 17.6. The largest absolute Gasteiger partial charge is 0.394 e. The van der Waals surface area contributed by atoms with Gasteiger partial charge in [0, 0.05) is 0 Å². The van der Waals surface area contributed by atoms with Gasteiger partial charge in [-0.2, -0.15) is 0 Å². The van der Waals surface area contributed by atoms with Crippen molar-refractivity contribution in [3.8, 4) is 0 Å². The summed E-state index contributed by atoms with van der Waals surface area (Å²) in [6.07, 6.45) is 12.2. The minimum Gasteiger partial charge on any atom is -0.394 e. The molecule has 1 aliphatic rings. The third kappa shape index (κ3) is 11.3. The maximum absolute atomic E-state index is 10.1. The van der Waals surface area contributed by atoms with E-state index < -0.39 is 49.5 Å². The van der Waals surface area contributed by atoms with E-state index in [1.54, 1.807) is 6.08 Å². The van der Waals surface area contributed by atoms with Crippen molar-refractivity contribution in [3.05, 3.63) is 24.3 Å². The summed E-state index contributed by atoms with van der Waals surface area (Å²) in [4.78, 5) is 0. The van der Waals surface area contributed by atoms with Gasteiger partial charge in [0.2, 0.25) is 0 Å². The van der Waals surface area contributed by atoms with Gasteiger partial charge in [0.15, 0.2) is 6.29 Å². The van der Waals surface area contributed by atoms with Crippen LogP contribution in [0.4, 0.5) is 0 Å². The lowest BCUT2D eigenvalue weighted by atomic mass is 9.99. The highest BCUT2D eigenvalue weighted by Gasteiger charge is 2.44. The normalized spacial score (nSPS) is 28.5. The van der Waals surface area contributed by atoms with Crippen LogP contribution in [-0.2, 0) is 9.47 Å². The van der Waals surface area contributed by atoms with E-state index in [4.69, 9.17) is 15.2 Å². The molecule has 1 saturated heterocycles. The molecule has 32 heavy (non-hydrogen) atoms. The lowest BCUT2D eigenvalue weighted by molar-refractivity contribution is -0.302. The molecule has 7 atom stereocenters. The summed E-state index contributed by atoms with van der Waals surface area (Å²) in [5.41, 5.74) is 5.92. The van der Waals surface area contributed by atoms with Crippen molar-refractivity contribution >= 4 is 0 Å². The average molecular weight is 460 g/mol. The van der Waals surface area contributed by atoms with E-state index in [9.17, 15) is 25.5 Å². The van der Waals surface area contributed by atoms with Crippen LogP contribution >= 0.6 is 0 Å². The molecule has 0 aromatic rings. The fourth-order valence-electron chi connectivity index (χ4n) is 3.54. The van der Waals surface area contributed by atoms with E-state index in [1.165, 1.54) is 44.9 Å². The third-order valence-electron chi connectivity index (χ3n) is 5.71. The Morgan fingerprint density at radius 2 is 1.50 bits per heavy atom. The standard InChI is InChI=1S/C24H45NO7/c1-2-3-4-5-6-7-8-9-10-11-12-13-14-15-19(27)18(25)17-31-24-23(30)22(29)21(28)20(16-26)32-24/h10-11,14-15,18-24,26-30H,2-9,12-13,16-17,25H2,1H3/b11-10?,15-14+/t18-,19+,20?,21?,22?,23?,24?/m0/s1. The molecule has 0 amide bonds. The summed E-state index contributed by atoms with van der Waals surface area (Å²) < 4.78 is 10.6. The number of nitrogens with two attached hydrogens (primary N) is 1. The summed E-state index contributed by atoms with van der Waals surface area (Å²) in [6, 6.07) is -0.758.